The van der Waals surface area contributed by atoms with Crippen LogP contribution < -0.4 is 5.73 Å². The van der Waals surface area contributed by atoms with Crippen LogP contribution in [0.15, 0.2) is 16.3 Å². The zero-order valence-electron chi connectivity index (χ0n) is 9.84. The van der Waals surface area contributed by atoms with Crippen molar-refractivity contribution in [3.05, 3.63) is 11.3 Å². The molecule has 0 aromatic carbocycles. The van der Waals surface area contributed by atoms with Crippen LogP contribution in [0, 0.1) is 0 Å². The molecule has 0 amide bonds. The van der Waals surface area contributed by atoms with E-state index in [4.69, 9.17) is 5.73 Å². The van der Waals surface area contributed by atoms with Crippen LogP contribution in [0.2, 0.25) is 0 Å². The van der Waals surface area contributed by atoms with Gasteiger partial charge in [-0.1, -0.05) is 0 Å². The zero-order valence-corrected chi connectivity index (χ0v) is 9.84. The third-order valence-electron chi connectivity index (χ3n) is 3.40. The number of nitrogens with two attached hydrogens (primary N) is 1. The highest BCUT2D eigenvalue weighted by Crippen LogP contribution is 2.41. The summed E-state index contributed by atoms with van der Waals surface area (Å²) >= 11 is 0. The van der Waals surface area contributed by atoms with Gasteiger partial charge in [-0.05, 0) is 19.3 Å². The Bertz CT molecular complexity index is 437. The molecule has 1 atom stereocenters. The number of hydrogen-bond donors (Lipinski definition) is 2. The minimum Gasteiger partial charge on any atom is -0.394 e. The monoisotopic (exact) mass is 284 g/mol. The quantitative estimate of drug-likeness (QED) is 0.725. The van der Waals surface area contributed by atoms with Crippen molar-refractivity contribution in [2.75, 3.05) is 0 Å². The highest BCUT2D eigenvalue weighted by Gasteiger charge is 2.53. The zero-order chi connectivity index (χ0) is 14.4. The lowest BCUT2D eigenvalue weighted by molar-refractivity contribution is -0.0985. The molecule has 1 unspecified atom stereocenters. The van der Waals surface area contributed by atoms with Crippen molar-refractivity contribution in [2.24, 2.45) is 10.7 Å². The molecule has 108 valence electrons. The van der Waals surface area contributed by atoms with Crippen LogP contribution >= 0.6 is 0 Å². The molecular formula is C11H13F5N2O. The lowest BCUT2D eigenvalue weighted by Crippen LogP contribution is -2.32. The second-order valence-corrected chi connectivity index (χ2v) is 4.83. The Morgan fingerprint density at radius 2 is 1.89 bits per heavy atom. The van der Waals surface area contributed by atoms with Gasteiger partial charge in [-0.2, -0.15) is 13.2 Å². The smallest absolute Gasteiger partial charge is 0.394 e. The molecule has 2 rings (SSSR count). The molecule has 0 spiro atoms. The highest BCUT2D eigenvalue weighted by atomic mass is 19.4. The first-order valence-electron chi connectivity index (χ1n) is 5.82. The predicted molar refractivity (Wildman–Crippen MR) is 57.9 cm³/mol. The van der Waals surface area contributed by atoms with Crippen LogP contribution in [-0.4, -0.2) is 35.1 Å². The highest BCUT2D eigenvalue weighted by molar-refractivity contribution is 6.05. The largest absolute Gasteiger partial charge is 0.431 e. The lowest BCUT2D eigenvalue weighted by atomic mass is 9.93. The number of aliphatic imine (C=N–C) groups is 1. The van der Waals surface area contributed by atoms with E-state index in [2.05, 4.69) is 4.99 Å². The van der Waals surface area contributed by atoms with Crippen LogP contribution in [0.3, 0.4) is 0 Å². The maximum Gasteiger partial charge on any atom is 0.431 e. The van der Waals surface area contributed by atoms with Crippen molar-refractivity contribution in [1.29, 1.82) is 0 Å². The van der Waals surface area contributed by atoms with E-state index in [1.165, 1.54) is 0 Å². The van der Waals surface area contributed by atoms with E-state index in [-0.39, 0.29) is 6.04 Å². The van der Waals surface area contributed by atoms with E-state index in [1.54, 1.807) is 0 Å². The van der Waals surface area contributed by atoms with Gasteiger partial charge in [0.1, 0.15) is 11.8 Å². The van der Waals surface area contributed by atoms with Gasteiger partial charge in [-0.3, -0.25) is 4.99 Å². The molecule has 2 saturated carbocycles. The predicted octanol–water partition coefficient (Wildman–Crippen LogP) is 2.15. The van der Waals surface area contributed by atoms with Crippen molar-refractivity contribution in [1.82, 2.24) is 0 Å². The van der Waals surface area contributed by atoms with Crippen molar-refractivity contribution in [2.45, 2.75) is 49.9 Å². The molecular weight excluding hydrogens is 271 g/mol. The van der Waals surface area contributed by atoms with Crippen molar-refractivity contribution < 1.29 is 27.1 Å². The van der Waals surface area contributed by atoms with Gasteiger partial charge >= 0.3 is 6.18 Å². The lowest BCUT2D eigenvalue weighted by Gasteiger charge is -2.22. The number of nitrogens with zero attached hydrogens (tertiary/aromatic N) is 1. The maximum absolute atomic E-state index is 13.4. The number of alkyl halides is 5. The molecule has 0 radical (unpaired) electrons. The number of aliphatic hydroxyl groups is 1. The summed E-state index contributed by atoms with van der Waals surface area (Å²) in [5.74, 6) is -3.66. The van der Waals surface area contributed by atoms with E-state index in [1.807, 2.05) is 0 Å². The molecule has 0 bridgehead atoms. The van der Waals surface area contributed by atoms with Crippen molar-refractivity contribution >= 4 is 5.71 Å². The first kappa shape index (κ1) is 14.2. The van der Waals surface area contributed by atoms with Crippen molar-refractivity contribution in [3.63, 3.8) is 0 Å². The van der Waals surface area contributed by atoms with Crippen LogP contribution in [0.25, 0.3) is 0 Å². The number of aliphatic hydroxyl groups excluding tert-OH is 1. The molecule has 0 saturated heterocycles. The van der Waals surface area contributed by atoms with E-state index in [0.29, 0.717) is 12.8 Å². The third kappa shape index (κ3) is 2.58. The van der Waals surface area contributed by atoms with Crippen LogP contribution in [-0.2, 0) is 0 Å². The summed E-state index contributed by atoms with van der Waals surface area (Å²) in [7, 11) is 0. The first-order valence-corrected chi connectivity index (χ1v) is 5.82. The Morgan fingerprint density at radius 1 is 1.32 bits per heavy atom. The molecule has 0 aromatic rings. The van der Waals surface area contributed by atoms with Crippen molar-refractivity contribution in [3.8, 4) is 0 Å². The number of halogens is 5. The molecule has 0 aromatic heterocycles. The number of rotatable bonds is 1. The van der Waals surface area contributed by atoms with Gasteiger partial charge in [-0.15, -0.1) is 0 Å². The SMILES string of the molecule is NC(=C1C(=NC2CCC2)CC(F)(F)C1O)C(F)(F)F. The second kappa shape index (κ2) is 4.43. The van der Waals surface area contributed by atoms with Crippen LogP contribution in [0.1, 0.15) is 25.7 Å². The Hall–Kier alpha value is -1.18. The fraction of sp³-hybridized carbons (Fsp3) is 0.727. The standard InChI is InChI=1S/C11H13F5N2O/c12-10(13)4-6(18-5-2-1-3-5)7(9(10)19)8(17)11(14,15)16/h5,9,19H,1-4,17H2. The molecule has 3 nitrogen and oxygen atoms in total. The second-order valence-electron chi connectivity index (χ2n) is 4.83. The minimum absolute atomic E-state index is 0.243. The van der Waals surface area contributed by atoms with Gasteiger partial charge in [0.05, 0.1) is 12.5 Å². The molecule has 3 N–H and O–H groups in total. The Balaban J connectivity index is 2.43. The Labute approximate surface area is 106 Å². The van der Waals surface area contributed by atoms with Gasteiger partial charge in [0, 0.05) is 11.3 Å². The third-order valence-corrected chi connectivity index (χ3v) is 3.40. The molecule has 8 heteroatoms. The van der Waals surface area contributed by atoms with Gasteiger partial charge in [0.2, 0.25) is 0 Å². The molecule has 2 aliphatic rings. The van der Waals surface area contributed by atoms with E-state index in [9.17, 15) is 27.1 Å². The number of allylic oxidation sites excluding steroid dienone is 1. The van der Waals surface area contributed by atoms with Gasteiger partial charge in [0.15, 0.2) is 0 Å². The van der Waals surface area contributed by atoms with Gasteiger partial charge < -0.3 is 10.8 Å². The van der Waals surface area contributed by atoms with E-state index < -0.39 is 41.6 Å². The fourth-order valence-electron chi connectivity index (χ4n) is 2.09. The fourth-order valence-corrected chi connectivity index (χ4v) is 2.09. The molecule has 2 fully saturated rings. The minimum atomic E-state index is -4.96. The van der Waals surface area contributed by atoms with E-state index >= 15 is 0 Å². The van der Waals surface area contributed by atoms with Crippen LogP contribution in [0.5, 0.6) is 0 Å². The van der Waals surface area contributed by atoms with E-state index in [0.717, 1.165) is 6.42 Å². The normalized spacial score (nSPS) is 32.5. The first-order chi connectivity index (χ1) is 8.63. The summed E-state index contributed by atoms with van der Waals surface area (Å²) in [6, 6.07) is -0.243. The maximum atomic E-state index is 13.4. The average molecular weight is 284 g/mol. The number of hydrogen-bond acceptors (Lipinski definition) is 3. The van der Waals surface area contributed by atoms with Gasteiger partial charge in [-0.25, -0.2) is 8.78 Å². The molecule has 2 aliphatic carbocycles. The summed E-state index contributed by atoms with van der Waals surface area (Å²) in [6.07, 6.45) is -6.33. The molecule has 0 aliphatic heterocycles. The summed E-state index contributed by atoms with van der Waals surface area (Å²) in [6.45, 7) is 0. The van der Waals surface area contributed by atoms with Crippen LogP contribution in [0.4, 0.5) is 22.0 Å². The summed E-state index contributed by atoms with van der Waals surface area (Å²) in [5, 5.41) is 9.36. The molecule has 19 heavy (non-hydrogen) atoms. The topological polar surface area (TPSA) is 58.6 Å². The average Bonchev–Trinajstić information content (AvgIpc) is 2.42. The molecule has 0 heterocycles. The summed E-state index contributed by atoms with van der Waals surface area (Å²) < 4.78 is 64.4. The summed E-state index contributed by atoms with van der Waals surface area (Å²) in [5.41, 5.74) is 1.80. The Morgan fingerprint density at radius 3 is 2.32 bits per heavy atom. The summed E-state index contributed by atoms with van der Waals surface area (Å²) in [4.78, 5) is 3.88. The Kier molecular flexibility index (Phi) is 3.32. The van der Waals surface area contributed by atoms with Gasteiger partial charge in [0.25, 0.3) is 5.92 Å².